The quantitative estimate of drug-likeness (QED) is 0.174. The summed E-state index contributed by atoms with van der Waals surface area (Å²) < 4.78 is 52.2. The number of nitrogens with one attached hydrogen (secondary N) is 2. The fourth-order valence-corrected chi connectivity index (χ4v) is 5.65. The molecule has 15 heteroatoms. The monoisotopic (exact) mass is 578 g/mol. The number of aromatic nitrogens is 2. The highest BCUT2D eigenvalue weighted by Gasteiger charge is 2.57. The Balaban J connectivity index is 1.65. The molecule has 40 heavy (non-hydrogen) atoms. The maximum absolute atomic E-state index is 15.5. The number of carbonyl (C=O) groups excluding carboxylic acids is 1. The normalized spacial score (nSPS) is 24.8. The van der Waals surface area contributed by atoms with E-state index in [1.807, 2.05) is 4.98 Å². The highest BCUT2D eigenvalue weighted by atomic mass is 31.2. The second-order valence-electron chi connectivity index (χ2n) is 8.86. The second-order valence-corrected chi connectivity index (χ2v) is 10.6. The van der Waals surface area contributed by atoms with Crippen LogP contribution in [0.15, 0.2) is 69.3 Å². The van der Waals surface area contributed by atoms with Gasteiger partial charge in [0.25, 0.3) is 5.56 Å². The molecule has 214 valence electrons. The number of aliphatic hydroxyl groups excluding tert-OH is 1. The molecule has 0 bridgehead atoms. The first-order chi connectivity index (χ1) is 19.0. The predicted molar refractivity (Wildman–Crippen MR) is 142 cm³/mol. The Labute approximate surface area is 227 Å². The molecule has 0 amide bonds. The highest BCUT2D eigenvalue weighted by Crippen LogP contribution is 2.49. The molecule has 3 aromatic rings. The fraction of sp³-hybridized carbons (Fsp3) is 0.360. The summed E-state index contributed by atoms with van der Waals surface area (Å²) in [5.41, 5.74) is -4.04. The number of fused-ring (bicyclic) bond motifs is 1. The summed E-state index contributed by atoms with van der Waals surface area (Å²) in [5.74, 6) is -0.620. The minimum absolute atomic E-state index is 0.0600. The molecule has 1 aliphatic heterocycles. The van der Waals surface area contributed by atoms with Gasteiger partial charge in [0.1, 0.15) is 24.5 Å². The summed E-state index contributed by atoms with van der Waals surface area (Å²) in [6, 6.07) is 11.9. The molecule has 0 spiro atoms. The minimum Gasteiger partial charge on any atom is -0.465 e. The van der Waals surface area contributed by atoms with E-state index in [1.54, 1.807) is 43.3 Å². The van der Waals surface area contributed by atoms with Crippen LogP contribution in [0.2, 0.25) is 0 Å². The van der Waals surface area contributed by atoms with Gasteiger partial charge in [0.05, 0.1) is 6.61 Å². The average molecular weight is 578 g/mol. The third kappa shape index (κ3) is 5.91. The summed E-state index contributed by atoms with van der Waals surface area (Å²) >= 11 is 0. The minimum atomic E-state index is -4.52. The van der Waals surface area contributed by atoms with Crippen molar-refractivity contribution in [1.82, 2.24) is 14.6 Å². The molecule has 6 atom stereocenters. The summed E-state index contributed by atoms with van der Waals surface area (Å²) in [6.07, 6.45) is -4.90. The van der Waals surface area contributed by atoms with Crippen LogP contribution in [0.5, 0.6) is 5.75 Å². The molecule has 1 aromatic heterocycles. The largest absolute Gasteiger partial charge is 0.465 e. The van der Waals surface area contributed by atoms with Gasteiger partial charge in [-0.25, -0.2) is 13.8 Å². The van der Waals surface area contributed by atoms with Gasteiger partial charge in [0.2, 0.25) is 5.72 Å². The summed E-state index contributed by atoms with van der Waals surface area (Å²) in [7, 11) is -4.52. The van der Waals surface area contributed by atoms with Crippen molar-refractivity contribution >= 4 is 31.2 Å². The molecular formula is C25H28FN4O9P. The number of aromatic amines is 1. The van der Waals surface area contributed by atoms with Crippen molar-refractivity contribution in [3.05, 3.63) is 75.6 Å². The topological polar surface area (TPSA) is 171 Å². The third-order valence-corrected chi connectivity index (χ3v) is 7.75. The van der Waals surface area contributed by atoms with Crippen LogP contribution in [0.3, 0.4) is 0 Å². The van der Waals surface area contributed by atoms with E-state index in [-0.39, 0.29) is 12.4 Å². The van der Waals surface area contributed by atoms with Crippen LogP contribution in [0, 0.1) is 0 Å². The number of rotatable bonds is 11. The van der Waals surface area contributed by atoms with Crippen molar-refractivity contribution in [3.63, 3.8) is 0 Å². The van der Waals surface area contributed by atoms with Crippen molar-refractivity contribution in [2.75, 3.05) is 13.2 Å². The van der Waals surface area contributed by atoms with Crippen molar-refractivity contribution in [3.8, 4) is 5.75 Å². The van der Waals surface area contributed by atoms with Crippen LogP contribution in [0.4, 0.5) is 4.39 Å². The van der Waals surface area contributed by atoms with Gasteiger partial charge in [-0.15, -0.1) is 0 Å². The number of alkyl halides is 1. The van der Waals surface area contributed by atoms with E-state index in [2.05, 4.69) is 16.8 Å². The number of nitrogens with zero attached hydrogens (tertiary/aromatic N) is 2. The lowest BCUT2D eigenvalue weighted by atomic mass is 10.1. The number of hydrogen-bond donors (Lipinski definition) is 3. The van der Waals surface area contributed by atoms with Gasteiger partial charge < -0.3 is 19.1 Å². The highest BCUT2D eigenvalue weighted by molar-refractivity contribution is 7.52. The smallest absolute Gasteiger partial charge is 0.459 e. The molecule has 0 aliphatic carbocycles. The summed E-state index contributed by atoms with van der Waals surface area (Å²) in [4.78, 5) is 41.6. The second kappa shape index (κ2) is 11.8. The molecule has 1 saturated heterocycles. The Morgan fingerprint density at radius 2 is 2.02 bits per heavy atom. The van der Waals surface area contributed by atoms with Gasteiger partial charge in [0, 0.05) is 17.6 Å². The molecular weight excluding hydrogens is 550 g/mol. The van der Waals surface area contributed by atoms with E-state index in [9.17, 15) is 24.1 Å². The van der Waals surface area contributed by atoms with E-state index in [0.717, 1.165) is 22.2 Å². The molecule has 1 aliphatic rings. The zero-order valence-corrected chi connectivity index (χ0v) is 22.5. The van der Waals surface area contributed by atoms with Crippen LogP contribution in [-0.4, -0.2) is 64.6 Å². The van der Waals surface area contributed by atoms with Crippen LogP contribution >= 0.6 is 7.75 Å². The first-order valence-corrected chi connectivity index (χ1v) is 13.7. The number of aliphatic imine (C=N–C) groups is 1. The van der Waals surface area contributed by atoms with Crippen LogP contribution < -0.4 is 20.9 Å². The Kier molecular flexibility index (Phi) is 8.66. The van der Waals surface area contributed by atoms with Crippen molar-refractivity contribution in [2.45, 2.75) is 44.1 Å². The Morgan fingerprint density at radius 1 is 1.30 bits per heavy atom. The first kappa shape index (κ1) is 29.3. The molecule has 1 fully saturated rings. The number of esters is 1. The maximum Gasteiger partial charge on any atom is 0.459 e. The van der Waals surface area contributed by atoms with Crippen molar-refractivity contribution < 1.29 is 37.4 Å². The standard InChI is InChI=1S/C25H28FN4O9P/c1-4-36-23(33)15(2)29-40(35,39-18-11-7-9-16-8-5-6-10-17(16)18)37-14-25(27-3)21(26)20(32)22(38-25)30-13-12-19(31)28-24(30)34/h5-13,15,20-22,32H,3-4,14H2,1-2H3,(H,29,35)(H,28,31,34)/t15-,20+,21-,22+,25+,40?/m0/s1. The van der Waals surface area contributed by atoms with E-state index < -0.39 is 61.8 Å². The zero-order chi connectivity index (χ0) is 29.1. The summed E-state index contributed by atoms with van der Waals surface area (Å²) in [5, 5.41) is 14.4. The number of carbonyl (C=O) groups is 1. The van der Waals surface area contributed by atoms with E-state index in [0.29, 0.717) is 5.39 Å². The first-order valence-electron chi connectivity index (χ1n) is 12.2. The van der Waals surface area contributed by atoms with Gasteiger partial charge in [-0.3, -0.25) is 28.7 Å². The molecule has 2 aromatic carbocycles. The Morgan fingerprint density at radius 3 is 2.73 bits per heavy atom. The average Bonchev–Trinajstić information content (AvgIpc) is 3.18. The van der Waals surface area contributed by atoms with Gasteiger partial charge in [-0.2, -0.15) is 5.09 Å². The van der Waals surface area contributed by atoms with Crippen LogP contribution in [0.1, 0.15) is 20.1 Å². The van der Waals surface area contributed by atoms with E-state index in [1.165, 1.54) is 13.0 Å². The lowest BCUT2D eigenvalue weighted by Gasteiger charge is -2.29. The SMILES string of the molecule is C=N[C@]1(COP(=O)(N[C@@H](C)C(=O)OCC)Oc2cccc3ccccc23)O[C@@H](n2ccc(=O)[nH]c2=O)[C@H](O)[C@@H]1F. The number of benzene rings is 2. The predicted octanol–water partition coefficient (Wildman–Crippen LogP) is 2.06. The van der Waals surface area contributed by atoms with Gasteiger partial charge in [-0.1, -0.05) is 36.4 Å². The molecule has 1 unspecified atom stereocenters. The number of halogens is 1. The Hall–Kier alpha value is -3.68. The fourth-order valence-electron chi connectivity index (χ4n) is 4.12. The number of ether oxygens (including phenoxy) is 2. The lowest BCUT2D eigenvalue weighted by Crippen LogP contribution is -2.43. The summed E-state index contributed by atoms with van der Waals surface area (Å²) in [6.45, 7) is 5.43. The molecule has 4 rings (SSSR count). The number of aliphatic hydroxyl groups is 1. The number of hydrogen-bond acceptors (Lipinski definition) is 10. The molecule has 0 radical (unpaired) electrons. The van der Waals surface area contributed by atoms with Crippen LogP contribution in [-0.2, 0) is 23.4 Å². The Bertz CT molecular complexity index is 1560. The van der Waals surface area contributed by atoms with Gasteiger partial charge >= 0.3 is 19.4 Å². The third-order valence-electron chi connectivity index (χ3n) is 6.14. The van der Waals surface area contributed by atoms with Gasteiger partial charge in [-0.05, 0) is 32.0 Å². The van der Waals surface area contributed by atoms with E-state index >= 15 is 4.39 Å². The zero-order valence-electron chi connectivity index (χ0n) is 21.6. The van der Waals surface area contributed by atoms with E-state index in [4.69, 9.17) is 18.5 Å². The molecule has 3 N–H and O–H groups in total. The maximum atomic E-state index is 15.5. The van der Waals surface area contributed by atoms with Gasteiger partial charge in [0.15, 0.2) is 12.4 Å². The number of H-pyrrole nitrogens is 1. The molecule has 0 saturated carbocycles. The van der Waals surface area contributed by atoms with Crippen molar-refractivity contribution in [1.29, 1.82) is 0 Å². The molecule has 13 nitrogen and oxygen atoms in total. The van der Waals surface area contributed by atoms with Crippen molar-refractivity contribution in [2.24, 2.45) is 4.99 Å². The molecule has 2 heterocycles. The lowest BCUT2D eigenvalue weighted by molar-refractivity contribution is -0.144. The van der Waals surface area contributed by atoms with Crippen LogP contribution in [0.25, 0.3) is 10.8 Å².